The summed E-state index contributed by atoms with van der Waals surface area (Å²) in [7, 11) is -3.50. The van der Waals surface area contributed by atoms with E-state index in [1.165, 1.54) is 0 Å². The van der Waals surface area contributed by atoms with Crippen LogP contribution in [0.4, 0.5) is 0 Å². The second-order valence-electron chi connectivity index (χ2n) is 7.04. The molecule has 0 bridgehead atoms. The predicted octanol–water partition coefficient (Wildman–Crippen LogP) is 4.81. The summed E-state index contributed by atoms with van der Waals surface area (Å²) in [5.74, 6) is 0. The van der Waals surface area contributed by atoms with Gasteiger partial charge >= 0.3 is 0 Å². The summed E-state index contributed by atoms with van der Waals surface area (Å²) in [5.41, 5.74) is 2.04. The van der Waals surface area contributed by atoms with Crippen molar-refractivity contribution in [1.82, 2.24) is 9.29 Å². The number of rotatable bonds is 5. The molecule has 1 aliphatic heterocycles. The van der Waals surface area contributed by atoms with Gasteiger partial charge in [-0.25, -0.2) is 13.4 Å². The lowest BCUT2D eigenvalue weighted by atomic mass is 9.99. The smallest absolute Gasteiger partial charge is 0.243 e. The molecule has 1 aromatic carbocycles. The minimum atomic E-state index is -3.50. The highest BCUT2D eigenvalue weighted by Crippen LogP contribution is 2.35. The standard InChI is InChI=1S/C20H26N2O2S2/c1-15(2)25-20-12-9-17(14-21-20)19-6-4-5-13-22(19)26(23,24)18-10-7-16(3)8-11-18/h7-12,14-15,19H,4-6,13H2,1-3H3/t19-/m0/s1. The molecule has 2 heterocycles. The molecular formula is C20H26N2O2S2. The van der Waals surface area contributed by atoms with Crippen LogP contribution in [0.3, 0.4) is 0 Å². The van der Waals surface area contributed by atoms with Crippen LogP contribution in [0, 0.1) is 6.92 Å². The molecule has 0 radical (unpaired) electrons. The Hall–Kier alpha value is -1.37. The zero-order chi connectivity index (χ0) is 18.7. The molecule has 1 atom stereocenters. The van der Waals surface area contributed by atoms with Crippen LogP contribution in [0.15, 0.2) is 52.5 Å². The molecule has 0 amide bonds. The molecule has 0 aliphatic carbocycles. The maximum atomic E-state index is 13.2. The van der Waals surface area contributed by atoms with Crippen molar-refractivity contribution in [2.75, 3.05) is 6.54 Å². The Morgan fingerprint density at radius 1 is 1.12 bits per heavy atom. The Kier molecular flexibility index (Phi) is 6.05. The van der Waals surface area contributed by atoms with E-state index in [0.29, 0.717) is 16.7 Å². The molecular weight excluding hydrogens is 364 g/mol. The Morgan fingerprint density at radius 3 is 2.46 bits per heavy atom. The summed E-state index contributed by atoms with van der Waals surface area (Å²) >= 11 is 1.72. The summed E-state index contributed by atoms with van der Waals surface area (Å²) in [6.45, 7) is 6.79. The van der Waals surface area contributed by atoms with Gasteiger partial charge in [-0.2, -0.15) is 4.31 Å². The molecule has 0 unspecified atom stereocenters. The van der Waals surface area contributed by atoms with E-state index in [9.17, 15) is 8.42 Å². The highest BCUT2D eigenvalue weighted by atomic mass is 32.2. The number of aryl methyl sites for hydroxylation is 1. The Labute approximate surface area is 161 Å². The molecule has 0 N–H and O–H groups in total. The second-order valence-corrected chi connectivity index (χ2v) is 10.5. The van der Waals surface area contributed by atoms with Crippen LogP contribution in [0.25, 0.3) is 0 Å². The van der Waals surface area contributed by atoms with Gasteiger partial charge in [-0.1, -0.05) is 44.0 Å². The second kappa shape index (κ2) is 8.11. The first-order valence-corrected chi connectivity index (χ1v) is 11.4. The molecule has 0 spiro atoms. The van der Waals surface area contributed by atoms with Crippen LogP contribution in [-0.2, 0) is 10.0 Å². The van der Waals surface area contributed by atoms with Crippen molar-refractivity contribution in [3.8, 4) is 0 Å². The molecule has 2 aromatic rings. The predicted molar refractivity (Wildman–Crippen MR) is 107 cm³/mol. The van der Waals surface area contributed by atoms with Gasteiger partial charge in [0.05, 0.1) is 16.0 Å². The number of thioether (sulfide) groups is 1. The van der Waals surface area contributed by atoms with Crippen molar-refractivity contribution in [1.29, 1.82) is 0 Å². The summed E-state index contributed by atoms with van der Waals surface area (Å²) in [6, 6.07) is 11.0. The zero-order valence-electron chi connectivity index (χ0n) is 15.6. The van der Waals surface area contributed by atoms with Crippen LogP contribution in [0.5, 0.6) is 0 Å². The normalized spacial score (nSPS) is 19.0. The molecule has 4 nitrogen and oxygen atoms in total. The number of nitrogens with zero attached hydrogens (tertiary/aromatic N) is 2. The van der Waals surface area contributed by atoms with E-state index in [2.05, 4.69) is 18.8 Å². The maximum absolute atomic E-state index is 13.2. The van der Waals surface area contributed by atoms with Gasteiger partial charge in [0.25, 0.3) is 0 Å². The molecule has 1 aliphatic rings. The molecule has 26 heavy (non-hydrogen) atoms. The Balaban J connectivity index is 1.89. The van der Waals surface area contributed by atoms with Crippen molar-refractivity contribution >= 4 is 21.8 Å². The van der Waals surface area contributed by atoms with E-state index < -0.39 is 10.0 Å². The lowest BCUT2D eigenvalue weighted by Crippen LogP contribution is -2.38. The Morgan fingerprint density at radius 2 is 1.85 bits per heavy atom. The maximum Gasteiger partial charge on any atom is 0.243 e. The average molecular weight is 391 g/mol. The van der Waals surface area contributed by atoms with Gasteiger partial charge in [0.2, 0.25) is 10.0 Å². The van der Waals surface area contributed by atoms with E-state index in [1.807, 2.05) is 37.4 Å². The fourth-order valence-electron chi connectivity index (χ4n) is 3.27. The minimum absolute atomic E-state index is 0.138. The van der Waals surface area contributed by atoms with E-state index >= 15 is 0 Å². The molecule has 3 rings (SSSR count). The van der Waals surface area contributed by atoms with Gasteiger partial charge < -0.3 is 0 Å². The largest absolute Gasteiger partial charge is 0.250 e. The topological polar surface area (TPSA) is 50.3 Å². The summed E-state index contributed by atoms with van der Waals surface area (Å²) < 4.78 is 28.1. The molecule has 6 heteroatoms. The van der Waals surface area contributed by atoms with Gasteiger partial charge in [-0.05, 0) is 43.5 Å². The quantitative estimate of drug-likeness (QED) is 0.688. The molecule has 140 valence electrons. The lowest BCUT2D eigenvalue weighted by molar-refractivity contribution is 0.255. The van der Waals surface area contributed by atoms with Gasteiger partial charge in [0.15, 0.2) is 0 Å². The van der Waals surface area contributed by atoms with E-state index in [1.54, 1.807) is 28.2 Å². The van der Waals surface area contributed by atoms with Crippen LogP contribution in [0.2, 0.25) is 0 Å². The lowest BCUT2D eigenvalue weighted by Gasteiger charge is -2.35. The molecule has 1 aromatic heterocycles. The highest BCUT2D eigenvalue weighted by molar-refractivity contribution is 7.99. The first-order valence-electron chi connectivity index (χ1n) is 9.09. The van der Waals surface area contributed by atoms with Crippen LogP contribution in [0.1, 0.15) is 50.3 Å². The molecule has 1 saturated heterocycles. The SMILES string of the molecule is Cc1ccc(S(=O)(=O)N2CCCC[C@H]2c2ccc(SC(C)C)nc2)cc1. The van der Waals surface area contributed by atoms with Gasteiger partial charge in [0, 0.05) is 18.0 Å². The Bertz CT molecular complexity index is 831. The van der Waals surface area contributed by atoms with Crippen LogP contribution < -0.4 is 0 Å². The van der Waals surface area contributed by atoms with Gasteiger partial charge in [-0.3, -0.25) is 0 Å². The minimum Gasteiger partial charge on any atom is -0.250 e. The third-order valence-electron chi connectivity index (χ3n) is 4.58. The first-order chi connectivity index (χ1) is 12.4. The van der Waals surface area contributed by atoms with E-state index in [0.717, 1.165) is 35.4 Å². The highest BCUT2D eigenvalue weighted by Gasteiger charge is 2.34. The molecule has 1 fully saturated rings. The zero-order valence-corrected chi connectivity index (χ0v) is 17.2. The van der Waals surface area contributed by atoms with Crippen LogP contribution >= 0.6 is 11.8 Å². The van der Waals surface area contributed by atoms with Crippen molar-refractivity contribution in [2.45, 2.75) is 61.2 Å². The number of piperidine rings is 1. The number of benzene rings is 1. The van der Waals surface area contributed by atoms with Crippen molar-refractivity contribution < 1.29 is 8.42 Å². The fraction of sp³-hybridized carbons (Fsp3) is 0.450. The van der Waals surface area contributed by atoms with Crippen molar-refractivity contribution in [3.63, 3.8) is 0 Å². The average Bonchev–Trinajstić information content (AvgIpc) is 2.62. The van der Waals surface area contributed by atoms with Crippen molar-refractivity contribution in [3.05, 3.63) is 53.7 Å². The van der Waals surface area contributed by atoms with Gasteiger partial charge in [-0.15, -0.1) is 11.8 Å². The number of sulfonamides is 1. The van der Waals surface area contributed by atoms with Crippen molar-refractivity contribution in [2.24, 2.45) is 0 Å². The van der Waals surface area contributed by atoms with E-state index in [4.69, 9.17) is 0 Å². The number of pyridine rings is 1. The first kappa shape index (κ1) is 19.4. The monoisotopic (exact) mass is 390 g/mol. The third-order valence-corrected chi connectivity index (χ3v) is 7.46. The summed E-state index contributed by atoms with van der Waals surface area (Å²) in [6.07, 6.45) is 4.62. The number of hydrogen-bond donors (Lipinski definition) is 0. The number of hydrogen-bond acceptors (Lipinski definition) is 4. The van der Waals surface area contributed by atoms with E-state index in [-0.39, 0.29) is 6.04 Å². The third kappa shape index (κ3) is 4.30. The van der Waals surface area contributed by atoms with Gasteiger partial charge in [0.1, 0.15) is 0 Å². The fourth-order valence-corrected chi connectivity index (χ4v) is 5.70. The van der Waals surface area contributed by atoms with Crippen LogP contribution in [-0.4, -0.2) is 29.5 Å². The molecule has 0 saturated carbocycles. The summed E-state index contributed by atoms with van der Waals surface area (Å²) in [5, 5.41) is 1.45. The summed E-state index contributed by atoms with van der Waals surface area (Å²) in [4.78, 5) is 4.91. The number of aromatic nitrogens is 1.